The second-order valence-corrected chi connectivity index (χ2v) is 10.1. The summed E-state index contributed by atoms with van der Waals surface area (Å²) in [5, 5.41) is 4.57. The molecule has 1 N–H and O–H groups in total. The highest BCUT2D eigenvalue weighted by Crippen LogP contribution is 2.27. The Morgan fingerprint density at radius 1 is 0.917 bits per heavy atom. The highest BCUT2D eigenvalue weighted by molar-refractivity contribution is 7.80. The third kappa shape index (κ3) is 6.51. The minimum Gasteiger partial charge on any atom is -0.358 e. The maximum Gasteiger partial charge on any atom is 0.169 e. The van der Waals surface area contributed by atoms with Crippen LogP contribution in [-0.4, -0.2) is 52.7 Å². The summed E-state index contributed by atoms with van der Waals surface area (Å²) in [6.07, 6.45) is 9.64. The Bertz CT molecular complexity index is 398. The molecular formula is C20H39N3S. The summed E-state index contributed by atoms with van der Waals surface area (Å²) >= 11 is 5.72. The molecular weight excluding hydrogens is 314 g/mol. The number of rotatable bonds is 3. The molecule has 0 spiro atoms. The van der Waals surface area contributed by atoms with Gasteiger partial charge in [-0.2, -0.15) is 0 Å². The lowest BCUT2D eigenvalue weighted by atomic mass is 9.82. The molecule has 0 bridgehead atoms. The first kappa shape index (κ1) is 20.0. The monoisotopic (exact) mass is 353 g/mol. The SMILES string of the molecule is CC(C)(C)CC(C)(C)NC(=S)N1CCN(C2CCCCCC2)CC1. The first-order chi connectivity index (χ1) is 11.2. The van der Waals surface area contributed by atoms with Crippen LogP contribution in [0.5, 0.6) is 0 Å². The molecule has 2 fully saturated rings. The third-order valence-electron chi connectivity index (χ3n) is 5.36. The standard InChI is InChI=1S/C20H39N3S/c1-19(2,3)16-20(4,5)21-18(24)23-14-12-22(13-15-23)17-10-8-6-7-9-11-17/h17H,6-16H2,1-5H3,(H,21,24). The molecule has 0 unspecified atom stereocenters. The van der Waals surface area contributed by atoms with Crippen LogP contribution in [0, 0.1) is 5.41 Å². The average Bonchev–Trinajstić information content (AvgIpc) is 2.73. The summed E-state index contributed by atoms with van der Waals surface area (Å²) in [6, 6.07) is 0.827. The Balaban J connectivity index is 1.79. The number of piperazine rings is 1. The van der Waals surface area contributed by atoms with E-state index in [2.05, 4.69) is 49.7 Å². The van der Waals surface area contributed by atoms with Gasteiger partial charge in [-0.3, -0.25) is 4.90 Å². The zero-order valence-corrected chi connectivity index (χ0v) is 17.5. The predicted molar refractivity (Wildman–Crippen MR) is 109 cm³/mol. The summed E-state index contributed by atoms with van der Waals surface area (Å²) in [4.78, 5) is 5.11. The van der Waals surface area contributed by atoms with Crippen LogP contribution >= 0.6 is 12.2 Å². The van der Waals surface area contributed by atoms with Gasteiger partial charge in [0.2, 0.25) is 0 Å². The van der Waals surface area contributed by atoms with Gasteiger partial charge in [0.1, 0.15) is 0 Å². The van der Waals surface area contributed by atoms with E-state index in [4.69, 9.17) is 12.2 Å². The van der Waals surface area contributed by atoms with Gasteiger partial charge >= 0.3 is 0 Å². The van der Waals surface area contributed by atoms with Crippen molar-refractivity contribution in [1.82, 2.24) is 15.1 Å². The van der Waals surface area contributed by atoms with Crippen molar-refractivity contribution in [2.45, 2.75) is 91.1 Å². The van der Waals surface area contributed by atoms with Crippen molar-refractivity contribution in [3.05, 3.63) is 0 Å². The average molecular weight is 354 g/mol. The van der Waals surface area contributed by atoms with Crippen LogP contribution in [0.4, 0.5) is 0 Å². The summed E-state index contributed by atoms with van der Waals surface area (Å²) < 4.78 is 0. The Hall–Kier alpha value is -0.350. The van der Waals surface area contributed by atoms with Crippen molar-refractivity contribution in [2.24, 2.45) is 5.41 Å². The van der Waals surface area contributed by atoms with E-state index in [0.29, 0.717) is 5.41 Å². The smallest absolute Gasteiger partial charge is 0.169 e. The van der Waals surface area contributed by atoms with Gasteiger partial charge in [0.25, 0.3) is 0 Å². The molecule has 0 aromatic carbocycles. The maximum atomic E-state index is 5.72. The van der Waals surface area contributed by atoms with E-state index in [9.17, 15) is 0 Å². The number of nitrogens with zero attached hydrogens (tertiary/aromatic N) is 2. The zero-order valence-electron chi connectivity index (χ0n) is 16.7. The van der Waals surface area contributed by atoms with Crippen LogP contribution in [-0.2, 0) is 0 Å². The van der Waals surface area contributed by atoms with Gasteiger partial charge in [-0.1, -0.05) is 46.5 Å². The molecule has 0 aromatic heterocycles. The number of thiocarbonyl (C=S) groups is 1. The fourth-order valence-corrected chi connectivity index (χ4v) is 5.11. The van der Waals surface area contributed by atoms with Crippen LogP contribution in [0.2, 0.25) is 0 Å². The van der Waals surface area contributed by atoms with Gasteiger partial charge in [-0.15, -0.1) is 0 Å². The van der Waals surface area contributed by atoms with Crippen molar-refractivity contribution >= 4 is 17.3 Å². The number of hydrogen-bond donors (Lipinski definition) is 1. The van der Waals surface area contributed by atoms with Gasteiger partial charge in [0.15, 0.2) is 5.11 Å². The van der Waals surface area contributed by atoms with Crippen molar-refractivity contribution in [1.29, 1.82) is 0 Å². The summed E-state index contributed by atoms with van der Waals surface area (Å²) in [6.45, 7) is 15.9. The van der Waals surface area contributed by atoms with Crippen molar-refractivity contribution in [3.63, 3.8) is 0 Å². The Morgan fingerprint density at radius 3 is 1.96 bits per heavy atom. The second-order valence-electron chi connectivity index (χ2n) is 9.72. The molecule has 4 heteroatoms. The van der Waals surface area contributed by atoms with Crippen LogP contribution in [0.15, 0.2) is 0 Å². The van der Waals surface area contributed by atoms with Crippen LogP contribution in [0.3, 0.4) is 0 Å². The van der Waals surface area contributed by atoms with Crippen molar-refractivity contribution in [2.75, 3.05) is 26.2 Å². The van der Waals surface area contributed by atoms with Gasteiger partial charge in [-0.25, -0.2) is 0 Å². The molecule has 2 aliphatic rings. The van der Waals surface area contributed by atoms with E-state index in [1.165, 1.54) is 51.6 Å². The predicted octanol–water partition coefficient (Wildman–Crippen LogP) is 4.42. The molecule has 140 valence electrons. The summed E-state index contributed by atoms with van der Waals surface area (Å²) in [7, 11) is 0. The quantitative estimate of drug-likeness (QED) is 0.598. The third-order valence-corrected chi connectivity index (χ3v) is 5.72. The highest BCUT2D eigenvalue weighted by atomic mass is 32.1. The Morgan fingerprint density at radius 2 is 1.46 bits per heavy atom. The van der Waals surface area contributed by atoms with E-state index in [1.54, 1.807) is 0 Å². The normalized spacial score (nSPS) is 22.3. The summed E-state index contributed by atoms with van der Waals surface area (Å²) in [5.41, 5.74) is 0.359. The van der Waals surface area contributed by atoms with Crippen LogP contribution in [0.25, 0.3) is 0 Å². The minimum atomic E-state index is 0.0494. The second kappa shape index (κ2) is 8.35. The van der Waals surface area contributed by atoms with Crippen molar-refractivity contribution in [3.8, 4) is 0 Å². The first-order valence-corrected chi connectivity index (χ1v) is 10.4. The zero-order chi connectivity index (χ0) is 17.8. The van der Waals surface area contributed by atoms with E-state index in [1.807, 2.05) is 0 Å². The molecule has 1 heterocycles. The molecule has 0 atom stereocenters. The molecule has 1 saturated carbocycles. The molecule has 3 nitrogen and oxygen atoms in total. The lowest BCUT2D eigenvalue weighted by molar-refractivity contribution is 0.119. The Kier molecular flexibility index (Phi) is 6.95. The van der Waals surface area contributed by atoms with Gasteiger partial charge in [-0.05, 0) is 50.7 Å². The van der Waals surface area contributed by atoms with E-state index in [-0.39, 0.29) is 5.54 Å². The molecule has 24 heavy (non-hydrogen) atoms. The molecule has 2 rings (SSSR count). The molecule has 1 aliphatic carbocycles. The minimum absolute atomic E-state index is 0.0494. The van der Waals surface area contributed by atoms with Gasteiger partial charge in [0, 0.05) is 37.8 Å². The molecule has 1 saturated heterocycles. The van der Waals surface area contributed by atoms with E-state index in [0.717, 1.165) is 30.7 Å². The van der Waals surface area contributed by atoms with Crippen LogP contribution in [0.1, 0.15) is 79.6 Å². The van der Waals surface area contributed by atoms with E-state index >= 15 is 0 Å². The molecule has 1 aliphatic heterocycles. The van der Waals surface area contributed by atoms with Gasteiger partial charge in [0.05, 0.1) is 0 Å². The van der Waals surface area contributed by atoms with Crippen LogP contribution < -0.4 is 5.32 Å². The van der Waals surface area contributed by atoms with E-state index < -0.39 is 0 Å². The topological polar surface area (TPSA) is 18.5 Å². The van der Waals surface area contributed by atoms with Gasteiger partial charge < -0.3 is 10.2 Å². The lowest BCUT2D eigenvalue weighted by Crippen LogP contribution is -2.57. The van der Waals surface area contributed by atoms with Crippen molar-refractivity contribution < 1.29 is 0 Å². The molecule has 0 aromatic rings. The highest BCUT2D eigenvalue weighted by Gasteiger charge is 2.29. The molecule has 0 radical (unpaired) electrons. The largest absolute Gasteiger partial charge is 0.358 e. The maximum absolute atomic E-state index is 5.72. The number of hydrogen-bond acceptors (Lipinski definition) is 2. The first-order valence-electron chi connectivity index (χ1n) is 9.97. The fraction of sp³-hybridized carbons (Fsp3) is 0.950. The number of nitrogens with one attached hydrogen (secondary N) is 1. The summed E-state index contributed by atoms with van der Waals surface area (Å²) in [5.74, 6) is 0. The molecule has 0 amide bonds. The Labute approximate surface area is 155 Å². The lowest BCUT2D eigenvalue weighted by Gasteiger charge is -2.42. The fourth-order valence-electron chi connectivity index (χ4n) is 4.65.